The van der Waals surface area contributed by atoms with Gasteiger partial charge in [-0.05, 0) is 43.1 Å². The second-order valence-electron chi connectivity index (χ2n) is 6.02. The fourth-order valence-corrected chi connectivity index (χ4v) is 2.91. The standard InChI is InChI=1S/C19H32FN/c1-4-6-7-8-9-10-11-12-19(21-5-2)18-15-17(20)14-13-16(18)3/h13-15,19,21H,4-12H2,1-3H3. The number of rotatable bonds is 11. The van der Waals surface area contributed by atoms with Crippen LogP contribution in [0.4, 0.5) is 4.39 Å². The molecule has 21 heavy (non-hydrogen) atoms. The number of benzene rings is 1. The van der Waals surface area contributed by atoms with Gasteiger partial charge in [0.25, 0.3) is 0 Å². The van der Waals surface area contributed by atoms with Crippen LogP contribution < -0.4 is 5.32 Å². The van der Waals surface area contributed by atoms with Gasteiger partial charge >= 0.3 is 0 Å². The predicted octanol–water partition coefficient (Wildman–Crippen LogP) is 5.93. The molecule has 2 heteroatoms. The lowest BCUT2D eigenvalue weighted by molar-refractivity contribution is 0.472. The van der Waals surface area contributed by atoms with E-state index in [0.717, 1.165) is 18.5 Å². The van der Waals surface area contributed by atoms with Crippen LogP contribution in [0.5, 0.6) is 0 Å². The first kappa shape index (κ1) is 18.2. The van der Waals surface area contributed by atoms with Gasteiger partial charge in [-0.3, -0.25) is 0 Å². The molecule has 1 N–H and O–H groups in total. The molecule has 0 saturated heterocycles. The van der Waals surface area contributed by atoms with Gasteiger partial charge in [-0.25, -0.2) is 4.39 Å². The largest absolute Gasteiger partial charge is 0.310 e. The molecule has 120 valence electrons. The van der Waals surface area contributed by atoms with E-state index >= 15 is 0 Å². The predicted molar refractivity (Wildman–Crippen MR) is 90.2 cm³/mol. The summed E-state index contributed by atoms with van der Waals surface area (Å²) in [5.74, 6) is -0.127. The Bertz CT molecular complexity index is 389. The van der Waals surface area contributed by atoms with Crippen molar-refractivity contribution in [3.05, 3.63) is 35.1 Å². The monoisotopic (exact) mass is 293 g/mol. The van der Waals surface area contributed by atoms with Crippen LogP contribution in [0, 0.1) is 12.7 Å². The summed E-state index contributed by atoms with van der Waals surface area (Å²) in [7, 11) is 0. The van der Waals surface area contributed by atoms with Crippen molar-refractivity contribution in [2.75, 3.05) is 6.54 Å². The minimum Gasteiger partial charge on any atom is -0.310 e. The number of unbranched alkanes of at least 4 members (excludes halogenated alkanes) is 6. The van der Waals surface area contributed by atoms with E-state index < -0.39 is 0 Å². The smallest absolute Gasteiger partial charge is 0.123 e. The zero-order chi connectivity index (χ0) is 15.5. The molecule has 1 atom stereocenters. The summed E-state index contributed by atoms with van der Waals surface area (Å²) in [5, 5.41) is 3.51. The molecule has 0 amide bonds. The number of aryl methyl sites for hydroxylation is 1. The Labute approximate surface area is 130 Å². The average Bonchev–Trinajstić information content (AvgIpc) is 2.48. The number of halogens is 1. The van der Waals surface area contributed by atoms with E-state index in [1.807, 2.05) is 6.07 Å². The van der Waals surface area contributed by atoms with Gasteiger partial charge < -0.3 is 5.32 Å². The first-order valence-corrected chi connectivity index (χ1v) is 8.68. The fourth-order valence-electron chi connectivity index (χ4n) is 2.91. The van der Waals surface area contributed by atoms with Crippen molar-refractivity contribution in [2.45, 2.75) is 78.2 Å². The summed E-state index contributed by atoms with van der Waals surface area (Å²) in [6.07, 6.45) is 10.4. The molecule has 1 aromatic carbocycles. The summed E-state index contributed by atoms with van der Waals surface area (Å²) in [4.78, 5) is 0. The van der Waals surface area contributed by atoms with Gasteiger partial charge in [0.2, 0.25) is 0 Å². The maximum absolute atomic E-state index is 13.5. The molecule has 1 unspecified atom stereocenters. The third-order valence-electron chi connectivity index (χ3n) is 4.16. The number of hydrogen-bond donors (Lipinski definition) is 1. The van der Waals surface area contributed by atoms with Crippen LogP contribution >= 0.6 is 0 Å². The summed E-state index contributed by atoms with van der Waals surface area (Å²) < 4.78 is 13.5. The van der Waals surface area contributed by atoms with E-state index in [4.69, 9.17) is 0 Å². The van der Waals surface area contributed by atoms with Crippen molar-refractivity contribution >= 4 is 0 Å². The average molecular weight is 293 g/mol. The highest BCUT2D eigenvalue weighted by atomic mass is 19.1. The highest BCUT2D eigenvalue weighted by Gasteiger charge is 2.13. The fraction of sp³-hybridized carbons (Fsp3) is 0.684. The first-order chi connectivity index (χ1) is 10.2. The molecule has 0 aliphatic carbocycles. The Morgan fingerprint density at radius 3 is 2.33 bits per heavy atom. The van der Waals surface area contributed by atoms with Gasteiger partial charge in [-0.15, -0.1) is 0 Å². The van der Waals surface area contributed by atoms with E-state index in [2.05, 4.69) is 26.1 Å². The van der Waals surface area contributed by atoms with Crippen molar-refractivity contribution in [1.29, 1.82) is 0 Å². The first-order valence-electron chi connectivity index (χ1n) is 8.68. The second kappa shape index (κ2) is 10.8. The Kier molecular flexibility index (Phi) is 9.32. The normalized spacial score (nSPS) is 12.6. The van der Waals surface area contributed by atoms with Crippen molar-refractivity contribution in [3.8, 4) is 0 Å². The highest BCUT2D eigenvalue weighted by Crippen LogP contribution is 2.24. The molecule has 0 aromatic heterocycles. The summed E-state index contributed by atoms with van der Waals surface area (Å²) >= 11 is 0. The molecule has 0 bridgehead atoms. The molecule has 0 aliphatic rings. The van der Waals surface area contributed by atoms with E-state index in [9.17, 15) is 4.39 Å². The van der Waals surface area contributed by atoms with Crippen molar-refractivity contribution < 1.29 is 4.39 Å². The van der Waals surface area contributed by atoms with Crippen molar-refractivity contribution in [3.63, 3.8) is 0 Å². The topological polar surface area (TPSA) is 12.0 Å². The van der Waals surface area contributed by atoms with Gasteiger partial charge in [0.05, 0.1) is 0 Å². The quantitative estimate of drug-likeness (QED) is 0.499. The van der Waals surface area contributed by atoms with Crippen LogP contribution in [-0.4, -0.2) is 6.54 Å². The Morgan fingerprint density at radius 1 is 1.00 bits per heavy atom. The van der Waals surface area contributed by atoms with E-state index in [-0.39, 0.29) is 5.82 Å². The maximum Gasteiger partial charge on any atom is 0.123 e. The minimum atomic E-state index is -0.127. The number of nitrogens with one attached hydrogen (secondary N) is 1. The third kappa shape index (κ3) is 7.08. The molecule has 0 aliphatic heterocycles. The Morgan fingerprint density at radius 2 is 1.67 bits per heavy atom. The Balaban J connectivity index is 2.41. The molecule has 0 spiro atoms. The lowest BCUT2D eigenvalue weighted by atomic mass is 9.96. The molecule has 0 fully saturated rings. The Hall–Kier alpha value is -0.890. The van der Waals surface area contributed by atoms with Crippen molar-refractivity contribution in [1.82, 2.24) is 5.32 Å². The molecule has 0 saturated carbocycles. The van der Waals surface area contributed by atoms with Gasteiger partial charge in [0.1, 0.15) is 5.82 Å². The zero-order valence-electron chi connectivity index (χ0n) is 14.1. The van der Waals surface area contributed by atoms with E-state index in [0.29, 0.717) is 6.04 Å². The van der Waals surface area contributed by atoms with Crippen molar-refractivity contribution in [2.24, 2.45) is 0 Å². The van der Waals surface area contributed by atoms with Gasteiger partial charge in [0.15, 0.2) is 0 Å². The minimum absolute atomic E-state index is 0.127. The lowest BCUT2D eigenvalue weighted by Gasteiger charge is -2.20. The molecule has 0 radical (unpaired) electrons. The molecule has 1 aromatic rings. The van der Waals surface area contributed by atoms with Gasteiger partial charge in [-0.1, -0.05) is 64.9 Å². The molecule has 1 nitrogen and oxygen atoms in total. The van der Waals surface area contributed by atoms with Crippen LogP contribution in [0.3, 0.4) is 0 Å². The van der Waals surface area contributed by atoms with E-state index in [1.165, 1.54) is 50.5 Å². The highest BCUT2D eigenvalue weighted by molar-refractivity contribution is 5.29. The van der Waals surface area contributed by atoms with E-state index in [1.54, 1.807) is 12.1 Å². The zero-order valence-corrected chi connectivity index (χ0v) is 14.1. The van der Waals surface area contributed by atoms with Crippen LogP contribution in [0.25, 0.3) is 0 Å². The number of hydrogen-bond acceptors (Lipinski definition) is 1. The molecular formula is C19H32FN. The maximum atomic E-state index is 13.5. The SMILES string of the molecule is CCCCCCCCCC(NCC)c1cc(F)ccc1C. The lowest BCUT2D eigenvalue weighted by Crippen LogP contribution is -2.21. The molecular weight excluding hydrogens is 261 g/mol. The summed E-state index contributed by atoms with van der Waals surface area (Å²) in [5.41, 5.74) is 2.31. The summed E-state index contributed by atoms with van der Waals surface area (Å²) in [6.45, 7) is 7.37. The van der Waals surface area contributed by atoms with Crippen LogP contribution in [-0.2, 0) is 0 Å². The van der Waals surface area contributed by atoms with Gasteiger partial charge in [-0.2, -0.15) is 0 Å². The van der Waals surface area contributed by atoms with Crippen LogP contribution in [0.2, 0.25) is 0 Å². The third-order valence-corrected chi connectivity index (χ3v) is 4.16. The van der Waals surface area contributed by atoms with Gasteiger partial charge in [0, 0.05) is 6.04 Å². The molecule has 1 rings (SSSR count). The van der Waals surface area contributed by atoms with Crippen LogP contribution in [0.1, 0.15) is 82.4 Å². The van der Waals surface area contributed by atoms with Crippen LogP contribution in [0.15, 0.2) is 18.2 Å². The summed E-state index contributed by atoms with van der Waals surface area (Å²) in [6, 6.07) is 5.43. The second-order valence-corrected chi connectivity index (χ2v) is 6.02. The molecule has 0 heterocycles.